The summed E-state index contributed by atoms with van der Waals surface area (Å²) in [6.07, 6.45) is -2.36. The number of pyridine rings is 1. The predicted molar refractivity (Wildman–Crippen MR) is 78.6 cm³/mol. The summed E-state index contributed by atoms with van der Waals surface area (Å²) in [5.74, 6) is -0.201. The Morgan fingerprint density at radius 3 is 2.60 bits per heavy atom. The second-order valence-electron chi connectivity index (χ2n) is 5.22. The van der Waals surface area contributed by atoms with E-state index in [4.69, 9.17) is 4.52 Å². The van der Waals surface area contributed by atoms with E-state index in [-0.39, 0.29) is 28.4 Å². The minimum Gasteiger partial charge on any atom is -0.334 e. The number of aryl methyl sites for hydroxylation is 2. The average molecular weight is 353 g/mol. The maximum Gasteiger partial charge on any atom is 0.433 e. The van der Waals surface area contributed by atoms with Gasteiger partial charge in [0, 0.05) is 19.4 Å². The van der Waals surface area contributed by atoms with Crippen molar-refractivity contribution in [3.8, 4) is 22.8 Å². The minimum atomic E-state index is -4.56. The van der Waals surface area contributed by atoms with Gasteiger partial charge in [-0.3, -0.25) is 14.8 Å². The fraction of sp³-hybridized carbons (Fsp3) is 0.214. The van der Waals surface area contributed by atoms with Gasteiger partial charge in [0.15, 0.2) is 0 Å². The van der Waals surface area contributed by atoms with E-state index in [0.29, 0.717) is 0 Å². The third-order valence-electron chi connectivity index (χ3n) is 3.41. The Bertz CT molecular complexity index is 1060. The van der Waals surface area contributed by atoms with Crippen LogP contribution in [0, 0.1) is 6.92 Å². The van der Waals surface area contributed by atoms with E-state index in [1.54, 1.807) is 0 Å². The number of aromatic amines is 1. The van der Waals surface area contributed by atoms with E-state index in [0.717, 1.165) is 16.8 Å². The Morgan fingerprint density at radius 1 is 1.24 bits per heavy atom. The monoisotopic (exact) mass is 353 g/mol. The lowest BCUT2D eigenvalue weighted by molar-refractivity contribution is -0.141. The quantitative estimate of drug-likeness (QED) is 0.748. The van der Waals surface area contributed by atoms with Gasteiger partial charge in [-0.1, -0.05) is 5.16 Å². The molecule has 0 aliphatic heterocycles. The number of rotatable bonds is 2. The lowest BCUT2D eigenvalue weighted by Gasteiger charge is -2.07. The molecule has 3 aromatic heterocycles. The van der Waals surface area contributed by atoms with Crippen molar-refractivity contribution in [3.05, 3.63) is 50.6 Å². The minimum absolute atomic E-state index is 0.0189. The lowest BCUT2D eigenvalue weighted by atomic mass is 10.1. The second-order valence-corrected chi connectivity index (χ2v) is 5.22. The van der Waals surface area contributed by atoms with Crippen LogP contribution in [-0.2, 0) is 13.2 Å². The molecule has 0 spiro atoms. The molecule has 0 unspecified atom stereocenters. The Morgan fingerprint density at radius 2 is 1.96 bits per heavy atom. The van der Waals surface area contributed by atoms with Crippen molar-refractivity contribution in [2.24, 2.45) is 7.05 Å². The maximum atomic E-state index is 12.7. The zero-order valence-corrected chi connectivity index (χ0v) is 12.9. The molecule has 0 saturated carbocycles. The molecule has 0 fully saturated rings. The summed E-state index contributed by atoms with van der Waals surface area (Å²) in [4.78, 5) is 32.6. The summed E-state index contributed by atoms with van der Waals surface area (Å²) in [7, 11) is 1.42. The van der Waals surface area contributed by atoms with E-state index in [2.05, 4.69) is 20.1 Å². The number of hydrogen-bond acceptors (Lipinski definition) is 6. The molecule has 0 radical (unpaired) electrons. The van der Waals surface area contributed by atoms with Crippen LogP contribution in [-0.4, -0.2) is 24.7 Å². The fourth-order valence-electron chi connectivity index (χ4n) is 2.10. The van der Waals surface area contributed by atoms with Gasteiger partial charge in [-0.2, -0.15) is 18.2 Å². The van der Waals surface area contributed by atoms with Crippen molar-refractivity contribution in [2.75, 3.05) is 0 Å². The van der Waals surface area contributed by atoms with Gasteiger partial charge in [-0.15, -0.1) is 0 Å². The molecule has 0 aliphatic carbocycles. The van der Waals surface area contributed by atoms with Gasteiger partial charge in [0.1, 0.15) is 11.3 Å². The van der Waals surface area contributed by atoms with Crippen molar-refractivity contribution in [2.45, 2.75) is 13.1 Å². The SMILES string of the molecule is Cc1cc(C(F)(F)F)ncc1-c1nc(-c2cn(C)c(=O)[nH]c2=O)no1. The molecule has 0 bridgehead atoms. The fourth-order valence-corrected chi connectivity index (χ4v) is 2.10. The third-order valence-corrected chi connectivity index (χ3v) is 3.41. The van der Waals surface area contributed by atoms with E-state index >= 15 is 0 Å². The summed E-state index contributed by atoms with van der Waals surface area (Å²) in [6.45, 7) is 1.44. The topological polar surface area (TPSA) is 107 Å². The molecule has 0 aliphatic rings. The lowest BCUT2D eigenvalue weighted by Crippen LogP contribution is -2.28. The van der Waals surface area contributed by atoms with Crippen LogP contribution in [0.4, 0.5) is 13.2 Å². The van der Waals surface area contributed by atoms with Gasteiger partial charge in [-0.05, 0) is 18.6 Å². The first-order valence-corrected chi connectivity index (χ1v) is 6.85. The molecule has 8 nitrogen and oxygen atoms in total. The largest absolute Gasteiger partial charge is 0.433 e. The molecule has 3 heterocycles. The van der Waals surface area contributed by atoms with Crippen molar-refractivity contribution in [1.29, 1.82) is 0 Å². The van der Waals surface area contributed by atoms with E-state index in [1.165, 1.54) is 20.2 Å². The molecule has 11 heteroatoms. The number of nitrogens with zero attached hydrogens (tertiary/aromatic N) is 4. The Kier molecular flexibility index (Phi) is 3.78. The molecule has 0 atom stereocenters. The number of halogens is 3. The van der Waals surface area contributed by atoms with Gasteiger partial charge in [0.25, 0.3) is 11.4 Å². The predicted octanol–water partition coefficient (Wildman–Crippen LogP) is 1.51. The molecule has 3 rings (SSSR count). The highest BCUT2D eigenvalue weighted by molar-refractivity contribution is 5.60. The normalized spacial score (nSPS) is 11.7. The summed E-state index contributed by atoms with van der Waals surface area (Å²) in [5, 5.41) is 3.64. The summed E-state index contributed by atoms with van der Waals surface area (Å²) >= 11 is 0. The molecule has 0 amide bonds. The van der Waals surface area contributed by atoms with Crippen LogP contribution in [0.3, 0.4) is 0 Å². The molecule has 0 saturated heterocycles. The summed E-state index contributed by atoms with van der Waals surface area (Å²) in [5.41, 5.74) is -1.95. The highest BCUT2D eigenvalue weighted by atomic mass is 19.4. The van der Waals surface area contributed by atoms with Crippen molar-refractivity contribution in [1.82, 2.24) is 24.7 Å². The number of H-pyrrole nitrogens is 1. The summed E-state index contributed by atoms with van der Waals surface area (Å²) < 4.78 is 44.1. The van der Waals surface area contributed by atoms with Gasteiger partial charge in [0.2, 0.25) is 5.82 Å². The van der Waals surface area contributed by atoms with Gasteiger partial charge >= 0.3 is 11.9 Å². The highest BCUT2D eigenvalue weighted by Crippen LogP contribution is 2.31. The van der Waals surface area contributed by atoms with Crippen molar-refractivity contribution in [3.63, 3.8) is 0 Å². The third kappa shape index (κ3) is 3.07. The van der Waals surface area contributed by atoms with Crippen molar-refractivity contribution >= 4 is 0 Å². The standard InChI is InChI=1S/C14H10F3N5O3/c1-6-3-9(14(15,16)17)18-4-7(6)12-19-10(21-25-12)8-5-22(2)13(24)20-11(8)23/h3-5H,1-2H3,(H,20,23,24). The highest BCUT2D eigenvalue weighted by Gasteiger charge is 2.33. The number of alkyl halides is 3. The zero-order chi connectivity index (χ0) is 18.4. The van der Waals surface area contributed by atoms with Gasteiger partial charge in [0.05, 0.1) is 5.56 Å². The number of hydrogen-bond donors (Lipinski definition) is 1. The Labute approximate surface area is 137 Å². The van der Waals surface area contributed by atoms with Crippen LogP contribution >= 0.6 is 0 Å². The molecular weight excluding hydrogens is 343 g/mol. The zero-order valence-electron chi connectivity index (χ0n) is 12.9. The van der Waals surface area contributed by atoms with Crippen molar-refractivity contribution < 1.29 is 17.7 Å². The van der Waals surface area contributed by atoms with Crippen LogP contribution in [0.2, 0.25) is 0 Å². The number of nitrogens with one attached hydrogen (secondary N) is 1. The Hall–Kier alpha value is -3.24. The average Bonchev–Trinajstić information content (AvgIpc) is 2.99. The molecule has 130 valence electrons. The Balaban J connectivity index is 2.04. The van der Waals surface area contributed by atoms with Crippen LogP contribution in [0.25, 0.3) is 22.8 Å². The van der Waals surface area contributed by atoms with E-state index in [1.807, 2.05) is 0 Å². The number of aromatic nitrogens is 5. The first-order chi connectivity index (χ1) is 11.7. The maximum absolute atomic E-state index is 12.7. The molecule has 0 aromatic carbocycles. The van der Waals surface area contributed by atoms with Gasteiger partial charge < -0.3 is 9.09 Å². The first-order valence-electron chi connectivity index (χ1n) is 6.85. The van der Waals surface area contributed by atoms with Crippen LogP contribution < -0.4 is 11.2 Å². The first kappa shape index (κ1) is 16.6. The van der Waals surface area contributed by atoms with Crippen LogP contribution in [0.1, 0.15) is 11.3 Å². The summed E-state index contributed by atoms with van der Waals surface area (Å²) in [6, 6.07) is 0.859. The molecular formula is C14H10F3N5O3. The second kappa shape index (κ2) is 5.69. The van der Waals surface area contributed by atoms with Crippen LogP contribution in [0.15, 0.2) is 32.6 Å². The van der Waals surface area contributed by atoms with E-state index < -0.39 is 23.1 Å². The smallest absolute Gasteiger partial charge is 0.334 e. The van der Waals surface area contributed by atoms with E-state index in [9.17, 15) is 22.8 Å². The molecule has 25 heavy (non-hydrogen) atoms. The molecule has 1 N–H and O–H groups in total. The van der Waals surface area contributed by atoms with Crippen LogP contribution in [0.5, 0.6) is 0 Å². The molecule has 3 aromatic rings. The van der Waals surface area contributed by atoms with Gasteiger partial charge in [-0.25, -0.2) is 4.79 Å².